The maximum atomic E-state index is 14.0. The molecule has 4 aromatic rings. The van der Waals surface area contributed by atoms with E-state index in [2.05, 4.69) is 16.0 Å². The molecule has 2 heterocycles. The van der Waals surface area contributed by atoms with E-state index in [9.17, 15) is 4.39 Å². The van der Waals surface area contributed by atoms with E-state index in [-0.39, 0.29) is 5.82 Å². The van der Waals surface area contributed by atoms with Crippen molar-refractivity contribution in [2.75, 3.05) is 0 Å². The number of hydrogen-bond acceptors (Lipinski definition) is 3. The molecule has 0 bridgehead atoms. The van der Waals surface area contributed by atoms with Gasteiger partial charge in [-0.2, -0.15) is 5.26 Å². The van der Waals surface area contributed by atoms with Crippen LogP contribution in [0.15, 0.2) is 48.8 Å². The van der Waals surface area contributed by atoms with Crippen LogP contribution in [0.4, 0.5) is 4.39 Å². The first kappa shape index (κ1) is 13.4. The van der Waals surface area contributed by atoms with Crippen molar-refractivity contribution in [3.05, 3.63) is 60.2 Å². The molecule has 0 N–H and O–H groups in total. The van der Waals surface area contributed by atoms with Gasteiger partial charge in [0.2, 0.25) is 0 Å². The van der Waals surface area contributed by atoms with Crippen molar-refractivity contribution < 1.29 is 4.39 Å². The van der Waals surface area contributed by atoms with E-state index in [1.165, 1.54) is 12.3 Å². The van der Waals surface area contributed by atoms with Gasteiger partial charge in [0.25, 0.3) is 0 Å². The van der Waals surface area contributed by atoms with Crippen LogP contribution in [0.2, 0.25) is 0 Å². The highest BCUT2D eigenvalue weighted by atomic mass is 19.1. The fraction of sp³-hybridized carbons (Fsp3) is 0.0556. The van der Waals surface area contributed by atoms with Crippen LogP contribution in [-0.4, -0.2) is 14.5 Å². The number of nitrogens with zero attached hydrogens (tertiary/aromatic N) is 4. The first-order valence-corrected chi connectivity index (χ1v) is 7.08. The van der Waals surface area contributed by atoms with E-state index >= 15 is 0 Å². The molecule has 0 aliphatic heterocycles. The van der Waals surface area contributed by atoms with E-state index in [1.54, 1.807) is 24.4 Å². The molecule has 0 saturated carbocycles. The third kappa shape index (κ3) is 1.96. The molecule has 4 rings (SSSR count). The summed E-state index contributed by atoms with van der Waals surface area (Å²) in [6.07, 6.45) is 3.21. The SMILES string of the molecule is Cn1c(-c2cncc3c(F)cccc23)nc2cc(C#N)ccc21. The Bertz CT molecular complexity index is 1110. The lowest BCUT2D eigenvalue weighted by Gasteiger charge is -2.06. The number of imidazole rings is 1. The predicted octanol–water partition coefficient (Wildman–Crippen LogP) is 3.80. The summed E-state index contributed by atoms with van der Waals surface area (Å²) in [6.45, 7) is 0. The number of hydrogen-bond donors (Lipinski definition) is 0. The summed E-state index contributed by atoms with van der Waals surface area (Å²) in [7, 11) is 1.90. The number of pyridine rings is 1. The molecule has 0 amide bonds. The number of rotatable bonds is 1. The lowest BCUT2D eigenvalue weighted by Crippen LogP contribution is -1.95. The van der Waals surface area contributed by atoms with Gasteiger partial charge in [0.15, 0.2) is 0 Å². The molecule has 110 valence electrons. The maximum absolute atomic E-state index is 14.0. The predicted molar refractivity (Wildman–Crippen MR) is 86.1 cm³/mol. The molecule has 0 radical (unpaired) electrons. The highest BCUT2D eigenvalue weighted by molar-refractivity contribution is 5.96. The first-order chi connectivity index (χ1) is 11.2. The van der Waals surface area contributed by atoms with E-state index in [1.807, 2.05) is 23.7 Å². The number of nitriles is 1. The topological polar surface area (TPSA) is 54.5 Å². The van der Waals surface area contributed by atoms with Crippen LogP contribution in [0.5, 0.6) is 0 Å². The number of aryl methyl sites for hydroxylation is 1. The average Bonchev–Trinajstić information content (AvgIpc) is 2.91. The quantitative estimate of drug-likeness (QED) is 0.537. The van der Waals surface area contributed by atoms with Crippen LogP contribution in [0.1, 0.15) is 5.56 Å². The van der Waals surface area contributed by atoms with Gasteiger partial charge in [-0.1, -0.05) is 12.1 Å². The van der Waals surface area contributed by atoms with Gasteiger partial charge in [0.05, 0.1) is 22.7 Å². The van der Waals surface area contributed by atoms with Gasteiger partial charge >= 0.3 is 0 Å². The molecule has 0 fully saturated rings. The van der Waals surface area contributed by atoms with Crippen LogP contribution >= 0.6 is 0 Å². The second-order valence-corrected chi connectivity index (χ2v) is 5.33. The summed E-state index contributed by atoms with van der Waals surface area (Å²) >= 11 is 0. The first-order valence-electron chi connectivity index (χ1n) is 7.08. The Balaban J connectivity index is 2.05. The zero-order chi connectivity index (χ0) is 16.0. The molecule has 0 atom stereocenters. The Hall–Kier alpha value is -3.26. The highest BCUT2D eigenvalue weighted by Gasteiger charge is 2.14. The third-order valence-corrected chi connectivity index (χ3v) is 4.00. The molecule has 4 nitrogen and oxygen atoms in total. The average molecular weight is 302 g/mol. The largest absolute Gasteiger partial charge is 0.327 e. The molecule has 0 unspecified atom stereocenters. The molecular weight excluding hydrogens is 291 g/mol. The number of fused-ring (bicyclic) bond motifs is 2. The van der Waals surface area contributed by atoms with Gasteiger partial charge in [0.1, 0.15) is 11.6 Å². The third-order valence-electron chi connectivity index (χ3n) is 4.00. The standard InChI is InChI=1S/C18H11FN4/c1-23-17-6-5-11(8-20)7-16(17)22-18(23)14-10-21-9-13-12(14)3-2-4-15(13)19/h2-7,9-10H,1H3. The zero-order valence-electron chi connectivity index (χ0n) is 12.3. The van der Waals surface area contributed by atoms with Crippen molar-refractivity contribution in [2.24, 2.45) is 7.05 Å². The van der Waals surface area contributed by atoms with Gasteiger partial charge in [-0.3, -0.25) is 4.98 Å². The minimum Gasteiger partial charge on any atom is -0.327 e. The van der Waals surface area contributed by atoms with Crippen molar-refractivity contribution in [1.29, 1.82) is 5.26 Å². The van der Waals surface area contributed by atoms with Gasteiger partial charge in [-0.25, -0.2) is 9.37 Å². The smallest absolute Gasteiger partial charge is 0.143 e. The molecule has 2 aromatic carbocycles. The van der Waals surface area contributed by atoms with Gasteiger partial charge < -0.3 is 4.57 Å². The number of halogens is 1. The fourth-order valence-electron chi connectivity index (χ4n) is 2.85. The van der Waals surface area contributed by atoms with Crippen molar-refractivity contribution in [3.8, 4) is 17.5 Å². The molecule has 5 heteroatoms. The lowest BCUT2D eigenvalue weighted by molar-refractivity contribution is 0.639. The molecule has 0 aliphatic carbocycles. The van der Waals surface area contributed by atoms with Crippen LogP contribution in [0, 0.1) is 17.1 Å². The number of aromatic nitrogens is 3. The summed E-state index contributed by atoms with van der Waals surface area (Å²) in [5.41, 5.74) is 2.96. The normalized spacial score (nSPS) is 11.0. The van der Waals surface area contributed by atoms with Crippen molar-refractivity contribution in [3.63, 3.8) is 0 Å². The van der Waals surface area contributed by atoms with Crippen LogP contribution < -0.4 is 0 Å². The Kier molecular flexibility index (Phi) is 2.85. The minimum atomic E-state index is -0.303. The molecular formula is C18H11FN4. The van der Waals surface area contributed by atoms with E-state index < -0.39 is 0 Å². The Labute approximate surface area is 131 Å². The van der Waals surface area contributed by atoms with E-state index in [0.717, 1.165) is 22.0 Å². The van der Waals surface area contributed by atoms with E-state index in [4.69, 9.17) is 5.26 Å². The summed E-state index contributed by atoms with van der Waals surface area (Å²) in [6, 6.07) is 12.4. The Morgan fingerprint density at radius 1 is 1.13 bits per heavy atom. The van der Waals surface area contributed by atoms with Gasteiger partial charge in [0, 0.05) is 30.4 Å². The van der Waals surface area contributed by atoms with Gasteiger partial charge in [-0.05, 0) is 29.7 Å². The Morgan fingerprint density at radius 3 is 2.83 bits per heavy atom. The zero-order valence-corrected chi connectivity index (χ0v) is 12.3. The second kappa shape index (κ2) is 4.89. The Morgan fingerprint density at radius 2 is 2.00 bits per heavy atom. The summed E-state index contributed by atoms with van der Waals surface area (Å²) in [5, 5.41) is 10.3. The number of benzene rings is 2. The van der Waals surface area contributed by atoms with Crippen LogP contribution in [-0.2, 0) is 7.05 Å². The van der Waals surface area contributed by atoms with Crippen molar-refractivity contribution in [1.82, 2.24) is 14.5 Å². The van der Waals surface area contributed by atoms with Crippen molar-refractivity contribution in [2.45, 2.75) is 0 Å². The minimum absolute atomic E-state index is 0.303. The summed E-state index contributed by atoms with van der Waals surface area (Å²) < 4.78 is 15.9. The van der Waals surface area contributed by atoms with Gasteiger partial charge in [-0.15, -0.1) is 0 Å². The van der Waals surface area contributed by atoms with Crippen LogP contribution in [0.3, 0.4) is 0 Å². The van der Waals surface area contributed by atoms with Crippen LogP contribution in [0.25, 0.3) is 33.2 Å². The summed E-state index contributed by atoms with van der Waals surface area (Å²) in [4.78, 5) is 8.77. The van der Waals surface area contributed by atoms with Crippen molar-refractivity contribution >= 4 is 21.8 Å². The molecule has 0 aliphatic rings. The lowest BCUT2D eigenvalue weighted by atomic mass is 10.1. The summed E-state index contributed by atoms with van der Waals surface area (Å²) in [5.74, 6) is 0.390. The van der Waals surface area contributed by atoms with E-state index in [0.29, 0.717) is 16.8 Å². The molecule has 0 spiro atoms. The maximum Gasteiger partial charge on any atom is 0.143 e. The highest BCUT2D eigenvalue weighted by Crippen LogP contribution is 2.30. The molecule has 0 saturated heterocycles. The molecule has 23 heavy (non-hydrogen) atoms. The monoisotopic (exact) mass is 302 g/mol. The molecule has 2 aromatic heterocycles. The second-order valence-electron chi connectivity index (χ2n) is 5.33. The fourth-order valence-corrected chi connectivity index (χ4v) is 2.85.